The first-order chi connectivity index (χ1) is 32.9. The Morgan fingerprint density at radius 3 is 2.53 bits per heavy atom. The first-order valence-electron chi connectivity index (χ1n) is 23.1. The maximum atomic E-state index is 13.6. The van der Waals surface area contributed by atoms with Gasteiger partial charge in [-0.3, -0.25) is 19.6 Å². The third-order valence-corrected chi connectivity index (χ3v) is 14.3. The van der Waals surface area contributed by atoms with Crippen molar-refractivity contribution < 1.29 is 37.5 Å². The van der Waals surface area contributed by atoms with Crippen molar-refractivity contribution in [3.8, 4) is 22.6 Å². The Bertz CT molecular complexity index is 2670. The first kappa shape index (κ1) is 47.0. The molecular weight excluding hydrogens is 900 g/mol. The Morgan fingerprint density at radius 2 is 1.74 bits per heavy atom. The molecule has 0 saturated carbocycles. The second-order valence-electron chi connectivity index (χ2n) is 17.8. The molecule has 3 aliphatic heterocycles. The molecule has 2 fully saturated rings. The molecule has 5 N–H and O–H groups in total. The summed E-state index contributed by atoms with van der Waals surface area (Å²) in [5.74, 6) is -2.17. The number of alkyl halides is 3. The molecule has 6 aromatic rings. The van der Waals surface area contributed by atoms with Gasteiger partial charge in [-0.25, -0.2) is 4.98 Å². The summed E-state index contributed by atoms with van der Waals surface area (Å²) in [6.07, 6.45) is 2.79. The lowest BCUT2D eigenvalue weighted by atomic mass is 9.78. The maximum absolute atomic E-state index is 13.6. The van der Waals surface area contributed by atoms with Gasteiger partial charge in [0.1, 0.15) is 17.5 Å². The Hall–Kier alpha value is -6.06. The van der Waals surface area contributed by atoms with Crippen LogP contribution in [0.3, 0.4) is 0 Å². The minimum Gasteiger partial charge on any atom is -0.385 e. The van der Waals surface area contributed by atoms with E-state index in [0.29, 0.717) is 31.5 Å². The van der Waals surface area contributed by atoms with Crippen molar-refractivity contribution in [1.29, 1.82) is 0 Å². The number of hydrogen-bond acceptors (Lipinski definition) is 14. The minimum atomic E-state index is -4.78. The highest BCUT2D eigenvalue weighted by molar-refractivity contribution is 7.10. The van der Waals surface area contributed by atoms with Gasteiger partial charge in [0.25, 0.3) is 11.8 Å². The van der Waals surface area contributed by atoms with Crippen molar-refractivity contribution in [3.05, 3.63) is 118 Å². The molecule has 3 unspecified atom stereocenters. The van der Waals surface area contributed by atoms with Crippen LogP contribution in [0.15, 0.2) is 88.9 Å². The molecule has 3 aromatic carbocycles. The molecule has 358 valence electrons. The van der Waals surface area contributed by atoms with Crippen LogP contribution >= 0.6 is 11.3 Å². The smallest absolute Gasteiger partial charge is 0.385 e. The number of fused-ring (bicyclic) bond motifs is 1. The van der Waals surface area contributed by atoms with Gasteiger partial charge in [0.2, 0.25) is 5.82 Å². The van der Waals surface area contributed by atoms with Gasteiger partial charge in [0.05, 0.1) is 17.4 Å². The van der Waals surface area contributed by atoms with Gasteiger partial charge in [-0.15, -0.1) is 16.4 Å². The van der Waals surface area contributed by atoms with E-state index in [0.717, 1.165) is 111 Å². The zero-order valence-corrected chi connectivity index (χ0v) is 38.2. The summed E-state index contributed by atoms with van der Waals surface area (Å²) < 4.78 is 45.7. The quantitative estimate of drug-likeness (QED) is 0.0587. The number of rotatable bonds is 18. The van der Waals surface area contributed by atoms with Crippen molar-refractivity contribution >= 4 is 28.8 Å². The molecule has 68 heavy (non-hydrogen) atoms. The molecule has 3 aromatic heterocycles. The summed E-state index contributed by atoms with van der Waals surface area (Å²) in [6, 6.07) is 21.5. The highest BCUT2D eigenvalue weighted by Gasteiger charge is 2.42. The largest absolute Gasteiger partial charge is 0.471 e. The SMILES string of the molecule is O=C(NCC1(c2nc(-c3ccccc3)cs2)CCN(CCc2cn(CCCCCCNc3cccc4c3CN(C3CCC(O)NC3O)C4=O)nn2)CC1)c1cccc(-c2noc(C(F)(F)F)n2)c1. The summed E-state index contributed by atoms with van der Waals surface area (Å²) >= 11 is 1.58. The van der Waals surface area contributed by atoms with Crippen LogP contribution in [-0.2, 0) is 31.1 Å². The summed E-state index contributed by atoms with van der Waals surface area (Å²) in [6.45, 7) is 4.68. The van der Waals surface area contributed by atoms with E-state index in [9.17, 15) is 33.0 Å². The zero-order valence-electron chi connectivity index (χ0n) is 37.4. The van der Waals surface area contributed by atoms with Crippen molar-refractivity contribution in [2.45, 2.75) is 101 Å². The standard InChI is InChI=1S/C48H54F3N11O5S/c49-48(50,51)45-56-41(58-67-45)32-12-8-13-33(26-32)42(64)53-30-47(46-54-38(29-68-46)31-10-4-3-5-11-31)19-24-60(25-20-47)23-18-34-27-61(59-57-34)22-7-2-1-6-21-52-37-15-9-14-35-36(37)28-62(44(35)66)39-16-17-40(63)55-43(39)65/h3-5,8-15,26-27,29,39-40,43,52,55,63,65H,1-2,6-7,16-25,28,30H2,(H,53,64). The van der Waals surface area contributed by atoms with E-state index < -0.39 is 29.9 Å². The van der Waals surface area contributed by atoms with E-state index in [-0.39, 0.29) is 34.8 Å². The number of nitrogens with zero attached hydrogens (tertiary/aromatic N) is 8. The van der Waals surface area contributed by atoms with E-state index >= 15 is 0 Å². The third-order valence-electron chi connectivity index (χ3n) is 13.2. The highest BCUT2D eigenvalue weighted by atomic mass is 32.1. The van der Waals surface area contributed by atoms with Crippen LogP contribution in [-0.4, -0.2) is 113 Å². The molecule has 2 saturated heterocycles. The summed E-state index contributed by atoms with van der Waals surface area (Å²) in [4.78, 5) is 39.5. The number of nitrogens with one attached hydrogen (secondary N) is 3. The van der Waals surface area contributed by atoms with E-state index in [2.05, 4.69) is 51.2 Å². The number of aryl methyl sites for hydroxylation is 1. The molecule has 0 radical (unpaired) electrons. The van der Waals surface area contributed by atoms with Crippen molar-refractivity contribution in [3.63, 3.8) is 0 Å². The lowest BCUT2D eigenvalue weighted by Crippen LogP contribution is -2.56. The number of aliphatic hydroxyl groups is 2. The van der Waals surface area contributed by atoms with Gasteiger partial charge in [0.15, 0.2) is 0 Å². The van der Waals surface area contributed by atoms with Crippen LogP contribution in [0, 0.1) is 0 Å². The number of likely N-dealkylation sites (tertiary alicyclic amines) is 1. The summed E-state index contributed by atoms with van der Waals surface area (Å²) in [7, 11) is 0. The molecule has 20 heteroatoms. The number of carbonyl (C=O) groups is 2. The molecular formula is C48H54F3N11O5S. The summed E-state index contributed by atoms with van der Waals surface area (Å²) in [5.41, 5.74) is 5.42. The molecule has 16 nitrogen and oxygen atoms in total. The molecule has 0 aliphatic carbocycles. The van der Waals surface area contributed by atoms with Crippen molar-refractivity contribution in [2.75, 3.05) is 38.0 Å². The molecule has 3 atom stereocenters. The number of hydrogen-bond donors (Lipinski definition) is 5. The Labute approximate surface area is 395 Å². The van der Waals surface area contributed by atoms with Crippen LogP contribution in [0.5, 0.6) is 0 Å². The van der Waals surface area contributed by atoms with Crippen molar-refractivity contribution in [1.82, 2.24) is 50.6 Å². The molecule has 3 aliphatic rings. The zero-order chi connectivity index (χ0) is 47.3. The predicted octanol–water partition coefficient (Wildman–Crippen LogP) is 6.49. The van der Waals surface area contributed by atoms with Gasteiger partial charge < -0.3 is 35.2 Å². The Balaban J connectivity index is 0.732. The molecule has 0 spiro atoms. The monoisotopic (exact) mass is 953 g/mol. The van der Waals surface area contributed by atoms with E-state index in [1.165, 1.54) is 12.1 Å². The number of halogens is 3. The van der Waals surface area contributed by atoms with Crippen LogP contribution < -0.4 is 16.0 Å². The highest BCUT2D eigenvalue weighted by Crippen LogP contribution is 2.39. The van der Waals surface area contributed by atoms with Gasteiger partial charge in [0, 0.05) is 89.6 Å². The Morgan fingerprint density at radius 1 is 0.941 bits per heavy atom. The second-order valence-corrected chi connectivity index (χ2v) is 18.7. The van der Waals surface area contributed by atoms with Gasteiger partial charge in [-0.1, -0.05) is 71.7 Å². The van der Waals surface area contributed by atoms with Gasteiger partial charge >= 0.3 is 12.1 Å². The van der Waals surface area contributed by atoms with Crippen LogP contribution in [0.25, 0.3) is 22.6 Å². The lowest BCUT2D eigenvalue weighted by molar-refractivity contribution is -0.159. The molecule has 6 heterocycles. The fourth-order valence-corrected chi connectivity index (χ4v) is 10.4. The Kier molecular flexibility index (Phi) is 14.3. The maximum Gasteiger partial charge on any atom is 0.471 e. The van der Waals surface area contributed by atoms with Crippen LogP contribution in [0.4, 0.5) is 18.9 Å². The number of thiazole rings is 1. The number of aliphatic hydroxyl groups excluding tert-OH is 2. The van der Waals surface area contributed by atoms with E-state index in [4.69, 9.17) is 4.98 Å². The number of unbranched alkanes of at least 4 members (excludes halogenated alkanes) is 3. The van der Waals surface area contributed by atoms with Gasteiger partial charge in [-0.05, 0) is 75.9 Å². The minimum absolute atomic E-state index is 0.0907. The molecule has 0 bridgehead atoms. The summed E-state index contributed by atoms with van der Waals surface area (Å²) in [5, 5.41) is 45.0. The second kappa shape index (κ2) is 20.7. The number of amides is 2. The van der Waals surface area contributed by atoms with Crippen LogP contribution in [0.2, 0.25) is 0 Å². The first-order valence-corrected chi connectivity index (χ1v) is 24.0. The van der Waals surface area contributed by atoms with Gasteiger partial charge in [-0.2, -0.15) is 18.2 Å². The third kappa shape index (κ3) is 10.8. The number of carbonyl (C=O) groups excluding carboxylic acids is 2. The topological polar surface area (TPSA) is 200 Å². The van der Waals surface area contributed by atoms with Crippen LogP contribution in [0.1, 0.15) is 94.2 Å². The average molecular weight is 954 g/mol. The molecule has 9 rings (SSSR count). The average Bonchev–Trinajstić information content (AvgIpc) is 4.19. The number of piperidine rings is 2. The number of aromatic nitrogens is 6. The number of anilines is 1. The fourth-order valence-electron chi connectivity index (χ4n) is 9.34. The fraction of sp³-hybridized carbons (Fsp3) is 0.438. The molecule has 2 amide bonds. The lowest BCUT2D eigenvalue weighted by Gasteiger charge is -2.40. The predicted molar refractivity (Wildman–Crippen MR) is 247 cm³/mol. The van der Waals surface area contributed by atoms with E-state index in [1.807, 2.05) is 59.4 Å². The van der Waals surface area contributed by atoms with Crippen molar-refractivity contribution in [2.24, 2.45) is 0 Å². The number of benzene rings is 3. The normalized spacial score (nSPS) is 19.6. The van der Waals surface area contributed by atoms with E-state index in [1.54, 1.807) is 28.4 Å².